The maximum Gasteiger partial charge on any atom is 0.130 e. The Labute approximate surface area is 120 Å². The predicted molar refractivity (Wildman–Crippen MR) is 77.7 cm³/mol. The molecular formula is C16H24F2N2. The molecule has 0 aliphatic carbocycles. The van der Waals surface area contributed by atoms with Crippen LogP contribution in [0, 0.1) is 11.6 Å². The number of likely N-dealkylation sites (tertiary alicyclic amines) is 1. The molecule has 1 N–H and O–H groups in total. The number of hydrogen-bond acceptors (Lipinski definition) is 2. The van der Waals surface area contributed by atoms with Crippen LogP contribution in [0.2, 0.25) is 0 Å². The summed E-state index contributed by atoms with van der Waals surface area (Å²) in [5, 5.41) is 3.37. The Hall–Kier alpha value is -1.00. The van der Waals surface area contributed by atoms with Crippen molar-refractivity contribution in [2.75, 3.05) is 19.6 Å². The minimum absolute atomic E-state index is 0.156. The average molecular weight is 282 g/mol. The summed E-state index contributed by atoms with van der Waals surface area (Å²) in [5.74, 6) is -0.929. The standard InChI is InChI=1S/C16H24F2N2/c1-3-9-20-10-7-13(8-11-20)19-12(2)16-14(17)5-4-6-15(16)18/h4-6,12-13,19H,3,7-11H2,1-2H3. The van der Waals surface area contributed by atoms with Gasteiger partial charge in [-0.25, -0.2) is 8.78 Å². The second kappa shape index (κ2) is 7.14. The second-order valence-electron chi connectivity index (χ2n) is 5.64. The molecule has 0 amide bonds. The third-order valence-corrected chi connectivity index (χ3v) is 4.05. The van der Waals surface area contributed by atoms with Gasteiger partial charge in [0.15, 0.2) is 0 Å². The average Bonchev–Trinajstić information content (AvgIpc) is 2.41. The molecule has 1 unspecified atom stereocenters. The van der Waals surface area contributed by atoms with E-state index in [0.29, 0.717) is 6.04 Å². The van der Waals surface area contributed by atoms with Crippen molar-refractivity contribution in [2.24, 2.45) is 0 Å². The molecule has 1 aromatic carbocycles. The molecule has 1 aromatic rings. The van der Waals surface area contributed by atoms with Gasteiger partial charge in [0, 0.05) is 17.6 Å². The highest BCUT2D eigenvalue weighted by molar-refractivity contribution is 5.22. The molecule has 112 valence electrons. The SMILES string of the molecule is CCCN1CCC(NC(C)c2c(F)cccc2F)CC1. The summed E-state index contributed by atoms with van der Waals surface area (Å²) in [6.45, 7) is 7.30. The molecule has 1 heterocycles. The number of rotatable bonds is 5. The number of halogens is 2. The fraction of sp³-hybridized carbons (Fsp3) is 0.625. The van der Waals surface area contributed by atoms with E-state index in [4.69, 9.17) is 0 Å². The summed E-state index contributed by atoms with van der Waals surface area (Å²) in [6.07, 6.45) is 3.26. The van der Waals surface area contributed by atoms with Gasteiger partial charge >= 0.3 is 0 Å². The molecule has 1 saturated heterocycles. The molecule has 1 fully saturated rings. The molecule has 0 aromatic heterocycles. The van der Waals surface area contributed by atoms with Crippen LogP contribution in [0.3, 0.4) is 0 Å². The van der Waals surface area contributed by atoms with Gasteiger partial charge in [-0.05, 0) is 58.0 Å². The fourth-order valence-electron chi connectivity index (χ4n) is 3.00. The Morgan fingerprint density at radius 3 is 2.40 bits per heavy atom. The van der Waals surface area contributed by atoms with Gasteiger partial charge in [0.05, 0.1) is 0 Å². The smallest absolute Gasteiger partial charge is 0.130 e. The van der Waals surface area contributed by atoms with Crippen molar-refractivity contribution < 1.29 is 8.78 Å². The number of benzene rings is 1. The van der Waals surface area contributed by atoms with Crippen LogP contribution >= 0.6 is 0 Å². The van der Waals surface area contributed by atoms with Crippen molar-refractivity contribution in [1.82, 2.24) is 10.2 Å². The van der Waals surface area contributed by atoms with Gasteiger partial charge in [-0.15, -0.1) is 0 Å². The van der Waals surface area contributed by atoms with E-state index in [2.05, 4.69) is 17.1 Å². The highest BCUT2D eigenvalue weighted by atomic mass is 19.1. The zero-order valence-corrected chi connectivity index (χ0v) is 12.3. The van der Waals surface area contributed by atoms with Crippen LogP contribution in [0.4, 0.5) is 8.78 Å². The van der Waals surface area contributed by atoms with Crippen molar-refractivity contribution in [3.63, 3.8) is 0 Å². The predicted octanol–water partition coefficient (Wildman–Crippen LogP) is 3.49. The monoisotopic (exact) mass is 282 g/mol. The van der Waals surface area contributed by atoms with Gasteiger partial charge in [-0.2, -0.15) is 0 Å². The van der Waals surface area contributed by atoms with Crippen LogP contribution in [-0.4, -0.2) is 30.6 Å². The maximum absolute atomic E-state index is 13.7. The van der Waals surface area contributed by atoms with Crippen molar-refractivity contribution in [2.45, 2.75) is 45.2 Å². The van der Waals surface area contributed by atoms with Gasteiger partial charge in [-0.1, -0.05) is 13.0 Å². The van der Waals surface area contributed by atoms with E-state index in [0.717, 1.165) is 32.5 Å². The molecular weight excluding hydrogens is 258 g/mol. The van der Waals surface area contributed by atoms with Crippen molar-refractivity contribution in [3.05, 3.63) is 35.4 Å². The Morgan fingerprint density at radius 2 is 1.85 bits per heavy atom. The molecule has 0 bridgehead atoms. The summed E-state index contributed by atoms with van der Waals surface area (Å²) >= 11 is 0. The fourth-order valence-corrected chi connectivity index (χ4v) is 3.00. The minimum Gasteiger partial charge on any atom is -0.307 e. The molecule has 0 radical (unpaired) electrons. The molecule has 1 atom stereocenters. The molecule has 1 aliphatic heterocycles. The molecule has 0 saturated carbocycles. The summed E-state index contributed by atoms with van der Waals surface area (Å²) in [7, 11) is 0. The normalized spacial score (nSPS) is 19.2. The second-order valence-corrected chi connectivity index (χ2v) is 5.64. The molecule has 4 heteroatoms. The first-order valence-corrected chi connectivity index (χ1v) is 7.54. The van der Waals surface area contributed by atoms with E-state index in [1.165, 1.54) is 24.6 Å². The molecule has 0 spiro atoms. The first kappa shape index (κ1) is 15.4. The zero-order chi connectivity index (χ0) is 14.5. The summed E-state index contributed by atoms with van der Waals surface area (Å²) in [4.78, 5) is 2.45. The van der Waals surface area contributed by atoms with E-state index in [-0.39, 0.29) is 11.6 Å². The lowest BCUT2D eigenvalue weighted by atomic mass is 10.0. The first-order valence-electron chi connectivity index (χ1n) is 7.54. The first-order chi connectivity index (χ1) is 9.61. The van der Waals surface area contributed by atoms with Crippen LogP contribution < -0.4 is 5.32 Å². The molecule has 1 aliphatic rings. The number of piperidine rings is 1. The van der Waals surface area contributed by atoms with Gasteiger partial charge in [-0.3, -0.25) is 0 Å². The van der Waals surface area contributed by atoms with E-state index in [9.17, 15) is 8.78 Å². The maximum atomic E-state index is 13.7. The topological polar surface area (TPSA) is 15.3 Å². The van der Waals surface area contributed by atoms with Gasteiger partial charge in [0.2, 0.25) is 0 Å². The Morgan fingerprint density at radius 1 is 1.25 bits per heavy atom. The third-order valence-electron chi connectivity index (χ3n) is 4.05. The summed E-state index contributed by atoms with van der Waals surface area (Å²) in [5.41, 5.74) is 0.156. The summed E-state index contributed by atoms with van der Waals surface area (Å²) < 4.78 is 27.5. The Kier molecular flexibility index (Phi) is 5.49. The Bertz CT molecular complexity index is 408. The van der Waals surface area contributed by atoms with Crippen LogP contribution in [0.1, 0.15) is 44.7 Å². The van der Waals surface area contributed by atoms with Crippen LogP contribution in [0.15, 0.2) is 18.2 Å². The number of hydrogen-bond donors (Lipinski definition) is 1. The number of nitrogens with one attached hydrogen (secondary N) is 1. The van der Waals surface area contributed by atoms with Crippen LogP contribution in [0.5, 0.6) is 0 Å². The lowest BCUT2D eigenvalue weighted by Crippen LogP contribution is -2.43. The number of nitrogens with zero attached hydrogens (tertiary/aromatic N) is 1. The quantitative estimate of drug-likeness (QED) is 0.889. The third kappa shape index (κ3) is 3.76. The van der Waals surface area contributed by atoms with Gasteiger partial charge in [0.25, 0.3) is 0 Å². The van der Waals surface area contributed by atoms with Crippen LogP contribution in [-0.2, 0) is 0 Å². The highest BCUT2D eigenvalue weighted by Gasteiger charge is 2.22. The molecule has 2 nitrogen and oxygen atoms in total. The van der Waals surface area contributed by atoms with Crippen LogP contribution in [0.25, 0.3) is 0 Å². The van der Waals surface area contributed by atoms with Gasteiger partial charge < -0.3 is 10.2 Å². The lowest BCUT2D eigenvalue weighted by Gasteiger charge is -2.34. The van der Waals surface area contributed by atoms with E-state index in [1.54, 1.807) is 0 Å². The lowest BCUT2D eigenvalue weighted by molar-refractivity contribution is 0.191. The summed E-state index contributed by atoms with van der Waals surface area (Å²) in [6, 6.07) is 4.10. The van der Waals surface area contributed by atoms with Crippen molar-refractivity contribution >= 4 is 0 Å². The highest BCUT2D eigenvalue weighted by Crippen LogP contribution is 2.22. The van der Waals surface area contributed by atoms with E-state index < -0.39 is 11.6 Å². The zero-order valence-electron chi connectivity index (χ0n) is 12.3. The van der Waals surface area contributed by atoms with Crippen molar-refractivity contribution in [3.8, 4) is 0 Å². The molecule has 2 rings (SSSR count). The Balaban J connectivity index is 1.91. The van der Waals surface area contributed by atoms with E-state index >= 15 is 0 Å². The van der Waals surface area contributed by atoms with Crippen molar-refractivity contribution in [1.29, 1.82) is 0 Å². The molecule has 20 heavy (non-hydrogen) atoms. The minimum atomic E-state index is -0.464. The largest absolute Gasteiger partial charge is 0.307 e. The van der Waals surface area contributed by atoms with Gasteiger partial charge in [0.1, 0.15) is 11.6 Å². The van der Waals surface area contributed by atoms with E-state index in [1.807, 2.05) is 6.92 Å².